The molecule has 38 heavy (non-hydrogen) atoms. The number of fused-ring (bicyclic) bond motifs is 2. The van der Waals surface area contributed by atoms with Crippen molar-refractivity contribution in [2.45, 2.75) is 0 Å². The minimum Gasteiger partial charge on any atom is -0.311 e. The zero-order valence-electron chi connectivity index (χ0n) is 20.5. The lowest BCUT2D eigenvalue weighted by atomic mass is 9.90. The minimum absolute atomic E-state index is 0.947. The van der Waals surface area contributed by atoms with Crippen LogP contribution in [0.25, 0.3) is 44.1 Å². The monoisotopic (exact) mass is 505 g/mol. The predicted molar refractivity (Wildman–Crippen MR) is 160 cm³/mol. The number of para-hydroxylation sites is 2. The van der Waals surface area contributed by atoms with Crippen molar-refractivity contribution >= 4 is 50.6 Å². The first-order valence-corrected chi connectivity index (χ1v) is 13.3. The standard InChI is InChI=1S/C34H23N3S/c1-4-12-24(13-5-1)31-29-18-10-11-19-30(29)32(34-33(31)35-38-36-34)25-20-22-28(23-21-25)37(26-14-6-2-7-15-26)27-16-8-3-9-17-27/h1-23H. The van der Waals surface area contributed by atoms with Gasteiger partial charge in [0.1, 0.15) is 11.0 Å². The van der Waals surface area contributed by atoms with Gasteiger partial charge in [0.2, 0.25) is 0 Å². The molecule has 1 heterocycles. The number of rotatable bonds is 5. The molecule has 0 saturated carbocycles. The average molecular weight is 506 g/mol. The van der Waals surface area contributed by atoms with Crippen LogP contribution in [0.4, 0.5) is 17.1 Å². The highest BCUT2D eigenvalue weighted by Crippen LogP contribution is 2.43. The quantitative estimate of drug-likeness (QED) is 0.233. The number of hydrogen-bond donors (Lipinski definition) is 0. The number of benzene rings is 6. The van der Waals surface area contributed by atoms with Crippen LogP contribution in [0.2, 0.25) is 0 Å². The van der Waals surface area contributed by atoms with Gasteiger partial charge in [0.25, 0.3) is 0 Å². The topological polar surface area (TPSA) is 29.0 Å². The normalized spacial score (nSPS) is 11.2. The summed E-state index contributed by atoms with van der Waals surface area (Å²) in [6, 6.07) is 48.9. The second-order valence-electron chi connectivity index (χ2n) is 9.18. The molecule has 180 valence electrons. The molecule has 0 aliphatic heterocycles. The van der Waals surface area contributed by atoms with Crippen molar-refractivity contribution in [2.75, 3.05) is 4.90 Å². The fourth-order valence-corrected chi connectivity index (χ4v) is 5.82. The van der Waals surface area contributed by atoms with Crippen molar-refractivity contribution in [2.24, 2.45) is 0 Å². The Morgan fingerprint density at radius 2 is 0.789 bits per heavy atom. The molecule has 4 heteroatoms. The summed E-state index contributed by atoms with van der Waals surface area (Å²) >= 11 is 1.28. The lowest BCUT2D eigenvalue weighted by Gasteiger charge is -2.25. The van der Waals surface area contributed by atoms with E-state index >= 15 is 0 Å². The summed E-state index contributed by atoms with van der Waals surface area (Å²) in [5, 5.41) is 2.37. The van der Waals surface area contributed by atoms with E-state index in [0.717, 1.165) is 50.3 Å². The molecule has 1 aromatic heterocycles. The third-order valence-electron chi connectivity index (χ3n) is 6.93. The number of anilines is 3. The molecule has 0 radical (unpaired) electrons. The zero-order chi connectivity index (χ0) is 25.3. The van der Waals surface area contributed by atoms with Gasteiger partial charge in [-0.15, -0.1) is 0 Å². The first-order valence-electron chi connectivity index (χ1n) is 12.6. The molecule has 7 rings (SSSR count). The number of aromatic nitrogens is 2. The Bertz CT molecular complexity index is 1810. The van der Waals surface area contributed by atoms with Crippen LogP contribution in [0.5, 0.6) is 0 Å². The molecular formula is C34H23N3S. The van der Waals surface area contributed by atoms with Crippen molar-refractivity contribution in [3.05, 3.63) is 140 Å². The SMILES string of the molecule is c1ccc(-c2c3ccccc3c(-c3ccc(N(c4ccccc4)c4ccccc4)cc3)c3nsnc23)cc1. The molecule has 0 bridgehead atoms. The molecule has 0 amide bonds. The van der Waals surface area contributed by atoms with Gasteiger partial charge in [0.15, 0.2) is 0 Å². The largest absolute Gasteiger partial charge is 0.311 e. The number of nitrogens with zero attached hydrogens (tertiary/aromatic N) is 3. The summed E-state index contributed by atoms with van der Waals surface area (Å²) in [4.78, 5) is 2.28. The van der Waals surface area contributed by atoms with Gasteiger partial charge in [-0.3, -0.25) is 0 Å². The maximum atomic E-state index is 4.80. The lowest BCUT2D eigenvalue weighted by Crippen LogP contribution is -2.09. The molecule has 7 aromatic rings. The summed E-state index contributed by atoms with van der Waals surface area (Å²) < 4.78 is 9.58. The highest BCUT2D eigenvalue weighted by molar-refractivity contribution is 7.00. The van der Waals surface area contributed by atoms with Gasteiger partial charge in [-0.2, -0.15) is 8.75 Å². The van der Waals surface area contributed by atoms with E-state index in [1.54, 1.807) is 0 Å². The Morgan fingerprint density at radius 1 is 0.395 bits per heavy atom. The van der Waals surface area contributed by atoms with Crippen LogP contribution >= 0.6 is 11.7 Å². The Hall–Kier alpha value is -4.80. The fourth-order valence-electron chi connectivity index (χ4n) is 5.26. The Labute approximate surface area is 225 Å². The molecule has 0 N–H and O–H groups in total. The van der Waals surface area contributed by atoms with Gasteiger partial charge in [-0.05, 0) is 58.3 Å². The molecule has 0 atom stereocenters. The van der Waals surface area contributed by atoms with E-state index in [-0.39, 0.29) is 0 Å². The van der Waals surface area contributed by atoms with Crippen LogP contribution in [-0.4, -0.2) is 8.75 Å². The van der Waals surface area contributed by atoms with Crippen molar-refractivity contribution in [1.29, 1.82) is 0 Å². The molecule has 0 spiro atoms. The first kappa shape index (κ1) is 22.4. The summed E-state index contributed by atoms with van der Waals surface area (Å²) in [5.41, 5.74) is 9.80. The van der Waals surface area contributed by atoms with Gasteiger partial charge >= 0.3 is 0 Å². The van der Waals surface area contributed by atoms with Crippen LogP contribution in [0.3, 0.4) is 0 Å². The predicted octanol–water partition coefficient (Wildman–Crippen LogP) is 9.65. The molecular weight excluding hydrogens is 482 g/mol. The van der Waals surface area contributed by atoms with Crippen molar-refractivity contribution < 1.29 is 0 Å². The van der Waals surface area contributed by atoms with Gasteiger partial charge in [-0.1, -0.05) is 103 Å². The van der Waals surface area contributed by atoms with Gasteiger partial charge < -0.3 is 4.90 Å². The van der Waals surface area contributed by atoms with Gasteiger partial charge in [-0.25, -0.2) is 0 Å². The van der Waals surface area contributed by atoms with E-state index in [9.17, 15) is 0 Å². The highest BCUT2D eigenvalue weighted by atomic mass is 32.1. The maximum Gasteiger partial charge on any atom is 0.113 e. The van der Waals surface area contributed by atoms with E-state index < -0.39 is 0 Å². The van der Waals surface area contributed by atoms with Crippen LogP contribution in [-0.2, 0) is 0 Å². The zero-order valence-corrected chi connectivity index (χ0v) is 21.3. The Balaban J connectivity index is 1.41. The molecule has 0 aliphatic carbocycles. The van der Waals surface area contributed by atoms with E-state index in [4.69, 9.17) is 8.75 Å². The van der Waals surface area contributed by atoms with Crippen LogP contribution in [0, 0.1) is 0 Å². The minimum atomic E-state index is 0.947. The van der Waals surface area contributed by atoms with Crippen molar-refractivity contribution in [3.8, 4) is 22.3 Å². The summed E-state index contributed by atoms with van der Waals surface area (Å²) in [5.74, 6) is 0. The molecule has 0 fully saturated rings. The summed E-state index contributed by atoms with van der Waals surface area (Å²) in [6.45, 7) is 0. The lowest BCUT2D eigenvalue weighted by molar-refractivity contribution is 1.28. The van der Waals surface area contributed by atoms with Crippen LogP contribution < -0.4 is 4.90 Å². The molecule has 0 saturated heterocycles. The smallest absolute Gasteiger partial charge is 0.113 e. The Kier molecular flexibility index (Phi) is 5.65. The maximum absolute atomic E-state index is 4.80. The van der Waals surface area contributed by atoms with Crippen molar-refractivity contribution in [1.82, 2.24) is 8.75 Å². The second-order valence-corrected chi connectivity index (χ2v) is 9.70. The van der Waals surface area contributed by atoms with Gasteiger partial charge in [0, 0.05) is 28.2 Å². The van der Waals surface area contributed by atoms with E-state index in [0.29, 0.717) is 0 Å². The third-order valence-corrected chi connectivity index (χ3v) is 7.46. The van der Waals surface area contributed by atoms with Crippen molar-refractivity contribution in [3.63, 3.8) is 0 Å². The average Bonchev–Trinajstić information content (AvgIpc) is 3.47. The molecule has 0 unspecified atom stereocenters. The van der Waals surface area contributed by atoms with E-state index in [1.807, 2.05) is 18.2 Å². The highest BCUT2D eigenvalue weighted by Gasteiger charge is 2.20. The van der Waals surface area contributed by atoms with Crippen LogP contribution in [0.1, 0.15) is 0 Å². The third kappa shape index (κ3) is 3.83. The van der Waals surface area contributed by atoms with Gasteiger partial charge in [0.05, 0.1) is 11.7 Å². The van der Waals surface area contributed by atoms with E-state index in [2.05, 4.69) is 126 Å². The Morgan fingerprint density at radius 3 is 1.29 bits per heavy atom. The molecule has 3 nitrogen and oxygen atoms in total. The molecule has 0 aliphatic rings. The summed E-state index contributed by atoms with van der Waals surface area (Å²) in [7, 11) is 0. The van der Waals surface area contributed by atoms with Crippen LogP contribution in [0.15, 0.2) is 140 Å². The second kappa shape index (κ2) is 9.58. The fraction of sp³-hybridized carbons (Fsp3) is 0. The van der Waals surface area contributed by atoms with E-state index in [1.165, 1.54) is 22.5 Å². The number of hydrogen-bond acceptors (Lipinski definition) is 4. The summed E-state index contributed by atoms with van der Waals surface area (Å²) in [6.07, 6.45) is 0. The first-order chi connectivity index (χ1) is 18.9. The molecule has 6 aromatic carbocycles.